The van der Waals surface area contributed by atoms with Crippen molar-refractivity contribution in [3.8, 4) is 0 Å². The maximum absolute atomic E-state index is 12.6. The topological polar surface area (TPSA) is 45.2 Å². The summed E-state index contributed by atoms with van der Waals surface area (Å²) < 4.78 is 0. The first kappa shape index (κ1) is 17.5. The smallest absolute Gasteiger partial charge is 0.305 e. The number of nitrogens with zero attached hydrogens (tertiary/aromatic N) is 2. The minimum absolute atomic E-state index is 0.201. The summed E-state index contributed by atoms with van der Waals surface area (Å²) >= 11 is 5.64. The first-order valence-corrected chi connectivity index (χ1v) is 9.77. The Hall–Kier alpha value is -3.57. The number of pyridine rings is 1. The molecule has 5 rings (SSSR count). The normalized spacial score (nSPS) is 15.4. The van der Waals surface area contributed by atoms with Crippen LogP contribution in [0.4, 0.5) is 4.79 Å². The molecule has 2 amide bonds. The molecular formula is C24H17N3OS. The lowest BCUT2D eigenvalue weighted by molar-refractivity contribution is 0.228. The number of hydrogen-bond donors (Lipinski definition) is 1. The van der Waals surface area contributed by atoms with E-state index in [-0.39, 0.29) is 6.03 Å². The molecule has 0 spiro atoms. The van der Waals surface area contributed by atoms with Gasteiger partial charge in [-0.3, -0.25) is 4.90 Å². The number of carbonyl (C=O) groups is 1. The van der Waals surface area contributed by atoms with Gasteiger partial charge in [0.2, 0.25) is 0 Å². The Morgan fingerprint density at radius 1 is 0.862 bits per heavy atom. The van der Waals surface area contributed by atoms with Crippen molar-refractivity contribution in [2.24, 2.45) is 0 Å². The van der Waals surface area contributed by atoms with Gasteiger partial charge in [0.15, 0.2) is 0 Å². The standard InChI is InChI=1S/C24H17N3OS/c28-24-26-22(23(29)27(24)15-16-8-2-1-3-9-16)14-19-17-10-4-6-12-20(17)25-21-13-7-5-11-18(19)21/h1-14H,15H2,(H,26,28). The Bertz CT molecular complexity index is 1240. The van der Waals surface area contributed by atoms with Gasteiger partial charge in [-0.2, -0.15) is 0 Å². The zero-order valence-electron chi connectivity index (χ0n) is 15.5. The van der Waals surface area contributed by atoms with Gasteiger partial charge in [-0.1, -0.05) is 78.9 Å². The molecule has 0 bridgehead atoms. The number of thiocarbonyl (C=S) groups is 1. The molecule has 0 saturated carbocycles. The quantitative estimate of drug-likeness (QED) is 0.292. The van der Waals surface area contributed by atoms with Crippen LogP contribution in [0.3, 0.4) is 0 Å². The van der Waals surface area contributed by atoms with Gasteiger partial charge in [0.25, 0.3) is 0 Å². The highest BCUT2D eigenvalue weighted by atomic mass is 32.1. The van der Waals surface area contributed by atoms with Crippen LogP contribution < -0.4 is 5.32 Å². The largest absolute Gasteiger partial charge is 0.327 e. The van der Waals surface area contributed by atoms with Crippen molar-refractivity contribution in [3.05, 3.63) is 95.7 Å². The van der Waals surface area contributed by atoms with E-state index in [1.807, 2.05) is 84.9 Å². The van der Waals surface area contributed by atoms with Crippen LogP contribution in [0, 0.1) is 0 Å². The zero-order valence-corrected chi connectivity index (χ0v) is 16.3. The van der Waals surface area contributed by atoms with Crippen molar-refractivity contribution >= 4 is 51.1 Å². The van der Waals surface area contributed by atoms with Crippen LogP contribution in [-0.2, 0) is 6.54 Å². The number of hydrogen-bond acceptors (Lipinski definition) is 3. The van der Waals surface area contributed by atoms with Gasteiger partial charge in [0.1, 0.15) is 4.99 Å². The minimum atomic E-state index is -0.201. The Labute approximate surface area is 173 Å². The molecule has 0 aliphatic carbocycles. The molecule has 4 aromatic rings. The molecular weight excluding hydrogens is 378 g/mol. The number of carbonyl (C=O) groups excluding carboxylic acids is 1. The average Bonchev–Trinajstić information content (AvgIpc) is 3.02. The van der Waals surface area contributed by atoms with Crippen LogP contribution in [0.1, 0.15) is 11.1 Å². The van der Waals surface area contributed by atoms with Gasteiger partial charge in [-0.25, -0.2) is 9.78 Å². The van der Waals surface area contributed by atoms with Crippen molar-refractivity contribution in [1.29, 1.82) is 0 Å². The van der Waals surface area contributed by atoms with Crippen LogP contribution in [-0.4, -0.2) is 20.9 Å². The molecule has 5 heteroatoms. The van der Waals surface area contributed by atoms with E-state index in [1.165, 1.54) is 0 Å². The van der Waals surface area contributed by atoms with E-state index >= 15 is 0 Å². The molecule has 4 nitrogen and oxygen atoms in total. The number of urea groups is 1. The monoisotopic (exact) mass is 395 g/mol. The van der Waals surface area contributed by atoms with Gasteiger partial charge in [-0.15, -0.1) is 0 Å². The van der Waals surface area contributed by atoms with Crippen molar-refractivity contribution in [1.82, 2.24) is 15.2 Å². The first-order valence-electron chi connectivity index (χ1n) is 9.37. The van der Waals surface area contributed by atoms with Crippen LogP contribution in [0.25, 0.3) is 27.9 Å². The molecule has 0 atom stereocenters. The highest BCUT2D eigenvalue weighted by Gasteiger charge is 2.30. The second-order valence-electron chi connectivity index (χ2n) is 6.92. The lowest BCUT2D eigenvalue weighted by Crippen LogP contribution is -2.29. The summed E-state index contributed by atoms with van der Waals surface area (Å²) in [6, 6.07) is 25.7. The maximum Gasteiger partial charge on any atom is 0.327 e. The molecule has 0 radical (unpaired) electrons. The fourth-order valence-electron chi connectivity index (χ4n) is 3.65. The summed E-state index contributed by atoms with van der Waals surface area (Å²) in [5.74, 6) is 0. The highest BCUT2D eigenvalue weighted by Crippen LogP contribution is 2.29. The average molecular weight is 395 g/mol. The van der Waals surface area contributed by atoms with Crippen molar-refractivity contribution in [2.75, 3.05) is 0 Å². The number of nitrogens with one attached hydrogen (secondary N) is 1. The number of fused-ring (bicyclic) bond motifs is 2. The predicted molar refractivity (Wildman–Crippen MR) is 120 cm³/mol. The summed E-state index contributed by atoms with van der Waals surface area (Å²) in [5, 5.41) is 4.99. The molecule has 1 fully saturated rings. The molecule has 0 unspecified atom stereocenters. The van der Waals surface area contributed by atoms with Crippen LogP contribution in [0.5, 0.6) is 0 Å². The third kappa shape index (κ3) is 3.15. The summed E-state index contributed by atoms with van der Waals surface area (Å²) in [7, 11) is 0. The fraction of sp³-hybridized carbons (Fsp3) is 0.0417. The van der Waals surface area contributed by atoms with E-state index in [0.717, 1.165) is 32.9 Å². The molecule has 1 aromatic heterocycles. The summed E-state index contributed by atoms with van der Waals surface area (Å²) in [6.45, 7) is 0.445. The van der Waals surface area contributed by atoms with Gasteiger partial charge >= 0.3 is 6.03 Å². The Morgan fingerprint density at radius 3 is 2.10 bits per heavy atom. The second-order valence-corrected chi connectivity index (χ2v) is 7.31. The molecule has 1 saturated heterocycles. The Kier molecular flexibility index (Phi) is 4.30. The van der Waals surface area contributed by atoms with Gasteiger partial charge < -0.3 is 5.32 Å². The SMILES string of the molecule is O=C1NC(=Cc2c3ccccc3nc3ccccc23)C(=S)N1Cc1ccccc1. The first-order chi connectivity index (χ1) is 14.2. The third-order valence-corrected chi connectivity index (χ3v) is 5.50. The molecule has 140 valence electrons. The summed E-state index contributed by atoms with van der Waals surface area (Å²) in [5.41, 5.74) is 4.50. The van der Waals surface area contributed by atoms with E-state index in [4.69, 9.17) is 17.2 Å². The van der Waals surface area contributed by atoms with Gasteiger partial charge in [0.05, 0.1) is 23.3 Å². The molecule has 1 aliphatic rings. The lowest BCUT2D eigenvalue weighted by atomic mass is 10.0. The number of para-hydroxylation sites is 2. The second kappa shape index (κ2) is 7.11. The zero-order chi connectivity index (χ0) is 19.8. The van der Waals surface area contributed by atoms with Crippen molar-refractivity contribution in [3.63, 3.8) is 0 Å². The van der Waals surface area contributed by atoms with Crippen molar-refractivity contribution in [2.45, 2.75) is 6.54 Å². The highest BCUT2D eigenvalue weighted by molar-refractivity contribution is 7.80. The van der Waals surface area contributed by atoms with E-state index in [2.05, 4.69) is 5.32 Å². The Balaban J connectivity index is 1.61. The fourth-order valence-corrected chi connectivity index (χ4v) is 3.91. The Morgan fingerprint density at radius 2 is 1.45 bits per heavy atom. The van der Waals surface area contributed by atoms with E-state index < -0.39 is 0 Å². The van der Waals surface area contributed by atoms with Gasteiger partial charge in [-0.05, 0) is 29.3 Å². The third-order valence-electron chi connectivity index (χ3n) is 5.06. The molecule has 29 heavy (non-hydrogen) atoms. The summed E-state index contributed by atoms with van der Waals surface area (Å²) in [6.07, 6.45) is 1.97. The number of benzene rings is 3. The maximum atomic E-state index is 12.6. The predicted octanol–water partition coefficient (Wildman–Crippen LogP) is 5.28. The number of rotatable bonds is 3. The molecule has 1 aliphatic heterocycles. The molecule has 2 heterocycles. The lowest BCUT2D eigenvalue weighted by Gasteiger charge is -2.14. The minimum Gasteiger partial charge on any atom is -0.305 e. The van der Waals surface area contributed by atoms with E-state index in [0.29, 0.717) is 17.2 Å². The van der Waals surface area contributed by atoms with Crippen molar-refractivity contribution < 1.29 is 4.79 Å². The van der Waals surface area contributed by atoms with Crippen LogP contribution in [0.2, 0.25) is 0 Å². The van der Waals surface area contributed by atoms with Gasteiger partial charge in [0, 0.05) is 10.8 Å². The van der Waals surface area contributed by atoms with Crippen LogP contribution in [0.15, 0.2) is 84.6 Å². The number of amides is 2. The molecule has 1 N–H and O–H groups in total. The van der Waals surface area contributed by atoms with E-state index in [1.54, 1.807) is 4.90 Å². The van der Waals surface area contributed by atoms with Crippen LogP contribution >= 0.6 is 12.2 Å². The number of aromatic nitrogens is 1. The summed E-state index contributed by atoms with van der Waals surface area (Å²) in [4.78, 5) is 19.5. The molecule has 3 aromatic carbocycles. The van der Waals surface area contributed by atoms with E-state index in [9.17, 15) is 4.79 Å².